The number of hydrogen-bond acceptors (Lipinski definition) is 0. The van der Waals surface area contributed by atoms with Crippen molar-refractivity contribution in [3.05, 3.63) is 25.3 Å². The molecule has 0 nitrogen and oxygen atoms in total. The van der Waals surface area contributed by atoms with E-state index in [1.165, 1.54) is 25.7 Å². The lowest BCUT2D eigenvalue weighted by Crippen LogP contribution is -1.47. The average molecular weight is 170 g/mol. The van der Waals surface area contributed by atoms with Gasteiger partial charge in [-0.15, -0.1) is 0 Å². The van der Waals surface area contributed by atoms with Crippen LogP contribution >= 0.6 is 0 Å². The van der Waals surface area contributed by atoms with Crippen LogP contribution in [0.3, 0.4) is 0 Å². The first-order chi connectivity index (χ1) is 5.74. The maximum atomic E-state index is 3.36. The van der Waals surface area contributed by atoms with Crippen molar-refractivity contribution in [3.63, 3.8) is 0 Å². The molecule has 0 aliphatic carbocycles. The summed E-state index contributed by atoms with van der Waals surface area (Å²) >= 11 is 0. The van der Waals surface area contributed by atoms with E-state index < -0.39 is 0 Å². The molecule has 0 N–H and O–H groups in total. The number of allylic oxidation sites excluding steroid dienone is 2. The van der Waals surface area contributed by atoms with Gasteiger partial charge in [0, 0.05) is 0 Å². The predicted octanol–water partition coefficient (Wildman–Crippen LogP) is 4.97. The Bertz CT molecular complexity index is 48.4. The quantitative estimate of drug-likeness (QED) is 0.524. The molecule has 12 heavy (non-hydrogen) atoms. The normalized spacial score (nSPS) is 6.67. The van der Waals surface area contributed by atoms with E-state index in [1.807, 2.05) is 0 Å². The molecular formula is C12H26. The molecule has 0 aromatic heterocycles. The van der Waals surface area contributed by atoms with Crippen LogP contribution in [0.15, 0.2) is 25.3 Å². The molecule has 0 aromatic carbocycles. The highest BCUT2D eigenvalue weighted by Crippen LogP contribution is 1.77. The topological polar surface area (TPSA) is 0 Å². The molecule has 0 radical (unpaired) electrons. The van der Waals surface area contributed by atoms with Crippen molar-refractivity contribution < 1.29 is 0 Å². The highest BCUT2D eigenvalue weighted by Gasteiger charge is 1.56. The number of rotatable bonds is 3. The van der Waals surface area contributed by atoms with Crippen molar-refractivity contribution in [2.45, 2.75) is 53.4 Å². The van der Waals surface area contributed by atoms with Crippen LogP contribution < -0.4 is 0 Å². The largest absolute Gasteiger partial charge is 0.0991 e. The van der Waals surface area contributed by atoms with E-state index in [9.17, 15) is 0 Å². The van der Waals surface area contributed by atoms with Gasteiger partial charge >= 0.3 is 0 Å². The van der Waals surface area contributed by atoms with Crippen molar-refractivity contribution in [2.24, 2.45) is 0 Å². The predicted molar refractivity (Wildman–Crippen MR) is 61.6 cm³/mol. The molecular weight excluding hydrogens is 144 g/mol. The second-order valence-corrected chi connectivity index (χ2v) is 2.47. The summed E-state index contributed by atoms with van der Waals surface area (Å²) in [6, 6.07) is 0. The van der Waals surface area contributed by atoms with Gasteiger partial charge in [-0.2, -0.15) is 0 Å². The monoisotopic (exact) mass is 170 g/mol. The van der Waals surface area contributed by atoms with Crippen LogP contribution in [-0.2, 0) is 0 Å². The van der Waals surface area contributed by atoms with Crippen LogP contribution in [0.4, 0.5) is 0 Å². The Labute approximate surface area is 79.4 Å². The standard InChI is InChI=1S/2C4H10.C4H6/c3*1-3-4-2/h2*3-4H2,1-2H3;3-4H,1-2H2. The molecule has 0 bridgehead atoms. The third-order valence-corrected chi connectivity index (χ3v) is 1.17. The molecule has 0 saturated heterocycles. The summed E-state index contributed by atoms with van der Waals surface area (Å²) in [5, 5.41) is 0. The summed E-state index contributed by atoms with van der Waals surface area (Å²) < 4.78 is 0. The van der Waals surface area contributed by atoms with Gasteiger partial charge in [-0.1, -0.05) is 78.7 Å². The molecule has 0 atom stereocenters. The Morgan fingerprint density at radius 3 is 0.833 bits per heavy atom. The fourth-order valence-electron chi connectivity index (χ4n) is 0. The SMILES string of the molecule is C=CC=C.CCCC.CCCC. The zero-order valence-corrected chi connectivity index (χ0v) is 9.40. The van der Waals surface area contributed by atoms with E-state index in [-0.39, 0.29) is 0 Å². The van der Waals surface area contributed by atoms with Gasteiger partial charge in [0.2, 0.25) is 0 Å². The van der Waals surface area contributed by atoms with Crippen LogP contribution in [0.25, 0.3) is 0 Å². The Morgan fingerprint density at radius 2 is 0.833 bits per heavy atom. The molecule has 0 rings (SSSR count). The van der Waals surface area contributed by atoms with Crippen LogP contribution in [0, 0.1) is 0 Å². The first kappa shape index (κ1) is 17.5. The fraction of sp³-hybridized carbons (Fsp3) is 0.667. The van der Waals surface area contributed by atoms with Crippen molar-refractivity contribution in [1.82, 2.24) is 0 Å². The molecule has 0 aliphatic heterocycles. The van der Waals surface area contributed by atoms with Gasteiger partial charge in [-0.3, -0.25) is 0 Å². The van der Waals surface area contributed by atoms with Gasteiger partial charge in [-0.05, 0) is 0 Å². The molecule has 0 fully saturated rings. The third-order valence-electron chi connectivity index (χ3n) is 1.17. The molecule has 0 unspecified atom stereocenters. The fourth-order valence-corrected chi connectivity index (χ4v) is 0. The van der Waals surface area contributed by atoms with Crippen molar-refractivity contribution in [3.8, 4) is 0 Å². The van der Waals surface area contributed by atoms with Crippen molar-refractivity contribution >= 4 is 0 Å². The molecule has 0 amide bonds. The molecule has 0 heterocycles. The van der Waals surface area contributed by atoms with Gasteiger partial charge in [0.25, 0.3) is 0 Å². The summed E-state index contributed by atoms with van der Waals surface area (Å²) in [7, 11) is 0. The van der Waals surface area contributed by atoms with E-state index in [0.29, 0.717) is 0 Å². The average Bonchev–Trinajstić information content (AvgIpc) is 2.18. The van der Waals surface area contributed by atoms with Gasteiger partial charge in [0.15, 0.2) is 0 Å². The Kier molecular flexibility index (Phi) is 45.8. The zero-order valence-electron chi connectivity index (χ0n) is 9.40. The summed E-state index contributed by atoms with van der Waals surface area (Å²) in [6.07, 6.45) is 8.56. The number of unbranched alkanes of at least 4 members (excludes halogenated alkanes) is 2. The van der Waals surface area contributed by atoms with Crippen LogP contribution in [0.5, 0.6) is 0 Å². The van der Waals surface area contributed by atoms with E-state index in [1.54, 1.807) is 12.2 Å². The summed E-state index contributed by atoms with van der Waals surface area (Å²) in [5.41, 5.74) is 0. The first-order valence-corrected chi connectivity index (χ1v) is 4.98. The molecule has 0 spiro atoms. The highest BCUT2D eigenvalue weighted by molar-refractivity contribution is 4.88. The van der Waals surface area contributed by atoms with Gasteiger partial charge in [-0.25, -0.2) is 0 Å². The van der Waals surface area contributed by atoms with Crippen LogP contribution in [0.2, 0.25) is 0 Å². The number of hydrogen-bond donors (Lipinski definition) is 0. The van der Waals surface area contributed by atoms with Crippen LogP contribution in [-0.4, -0.2) is 0 Å². The summed E-state index contributed by atoms with van der Waals surface area (Å²) in [4.78, 5) is 0. The van der Waals surface area contributed by atoms with Crippen molar-refractivity contribution in [1.29, 1.82) is 0 Å². The minimum absolute atomic E-state index is 1.32. The molecule has 0 heteroatoms. The maximum Gasteiger partial charge on any atom is -0.0564 e. The molecule has 0 aromatic rings. The lowest BCUT2D eigenvalue weighted by Gasteiger charge is -1.68. The lowest BCUT2D eigenvalue weighted by molar-refractivity contribution is 0.886. The van der Waals surface area contributed by atoms with Gasteiger partial charge in [0.05, 0.1) is 0 Å². The van der Waals surface area contributed by atoms with E-state index in [0.717, 1.165) is 0 Å². The zero-order chi connectivity index (χ0) is 10.2. The smallest absolute Gasteiger partial charge is 0.0564 e. The minimum Gasteiger partial charge on any atom is -0.0991 e. The lowest BCUT2D eigenvalue weighted by atomic mass is 10.4. The minimum atomic E-state index is 1.32. The highest BCUT2D eigenvalue weighted by atomic mass is 13.6. The van der Waals surface area contributed by atoms with E-state index in [2.05, 4.69) is 40.9 Å². The second kappa shape index (κ2) is 31.4. The van der Waals surface area contributed by atoms with E-state index >= 15 is 0 Å². The Balaban J connectivity index is -0.000000101. The maximum absolute atomic E-state index is 3.36. The first-order valence-electron chi connectivity index (χ1n) is 4.98. The van der Waals surface area contributed by atoms with E-state index in [4.69, 9.17) is 0 Å². The van der Waals surface area contributed by atoms with Gasteiger partial charge in [0.1, 0.15) is 0 Å². The Hall–Kier alpha value is -0.520. The second-order valence-electron chi connectivity index (χ2n) is 2.47. The van der Waals surface area contributed by atoms with Gasteiger partial charge < -0.3 is 0 Å². The summed E-state index contributed by atoms with van der Waals surface area (Å²) in [5.74, 6) is 0. The third kappa shape index (κ3) is 111. The Morgan fingerprint density at radius 1 is 0.667 bits per heavy atom. The molecule has 0 aliphatic rings. The van der Waals surface area contributed by atoms with Crippen molar-refractivity contribution in [2.75, 3.05) is 0 Å². The van der Waals surface area contributed by atoms with Crippen LogP contribution in [0.1, 0.15) is 53.4 Å². The molecule has 74 valence electrons. The summed E-state index contributed by atoms with van der Waals surface area (Å²) in [6.45, 7) is 15.4. The molecule has 0 saturated carbocycles.